The number of pyridine rings is 1. The normalized spacial score (nSPS) is 13.1. The van der Waals surface area contributed by atoms with Crippen molar-refractivity contribution in [3.05, 3.63) is 58.7 Å². The minimum absolute atomic E-state index is 0.663. The first-order valence-corrected chi connectivity index (χ1v) is 8.82. The van der Waals surface area contributed by atoms with Gasteiger partial charge in [-0.2, -0.15) is 0 Å². The Morgan fingerprint density at radius 3 is 2.62 bits per heavy atom. The second kappa shape index (κ2) is 6.71. The van der Waals surface area contributed by atoms with Crippen LogP contribution in [0.25, 0.3) is 34.4 Å². The van der Waals surface area contributed by atoms with E-state index in [1.165, 1.54) is 5.57 Å². The van der Waals surface area contributed by atoms with E-state index in [0.29, 0.717) is 5.82 Å². The van der Waals surface area contributed by atoms with Gasteiger partial charge in [-0.05, 0) is 51.0 Å². The SMILES string of the molecule is COc1cccc(-c2nc(-c3cccc(C)n3)nc3c2=C(C)CCC=3)c1. The van der Waals surface area contributed by atoms with Crippen LogP contribution < -0.4 is 15.3 Å². The summed E-state index contributed by atoms with van der Waals surface area (Å²) in [6.07, 6.45) is 4.25. The zero-order chi connectivity index (χ0) is 18.1. The summed E-state index contributed by atoms with van der Waals surface area (Å²) in [6.45, 7) is 4.15. The second-order valence-electron chi connectivity index (χ2n) is 6.58. The van der Waals surface area contributed by atoms with Gasteiger partial charge in [0.2, 0.25) is 0 Å². The summed E-state index contributed by atoms with van der Waals surface area (Å²) in [6, 6.07) is 14.0. The molecule has 0 spiro atoms. The summed E-state index contributed by atoms with van der Waals surface area (Å²) in [5.74, 6) is 1.48. The Morgan fingerprint density at radius 2 is 1.81 bits per heavy atom. The van der Waals surface area contributed by atoms with Crippen LogP contribution in [0, 0.1) is 6.92 Å². The molecule has 0 fully saturated rings. The predicted octanol–water partition coefficient (Wildman–Crippen LogP) is 3.27. The van der Waals surface area contributed by atoms with Crippen LogP contribution in [0.3, 0.4) is 0 Å². The van der Waals surface area contributed by atoms with Crippen molar-refractivity contribution in [3.8, 4) is 28.5 Å². The van der Waals surface area contributed by atoms with E-state index in [0.717, 1.165) is 51.8 Å². The molecule has 4 heteroatoms. The first-order valence-electron chi connectivity index (χ1n) is 8.82. The summed E-state index contributed by atoms with van der Waals surface area (Å²) in [7, 11) is 1.68. The Balaban J connectivity index is 2.03. The van der Waals surface area contributed by atoms with Crippen LogP contribution >= 0.6 is 0 Å². The van der Waals surface area contributed by atoms with E-state index in [4.69, 9.17) is 14.7 Å². The van der Waals surface area contributed by atoms with Gasteiger partial charge in [0, 0.05) is 16.5 Å². The smallest absolute Gasteiger partial charge is 0.179 e. The van der Waals surface area contributed by atoms with E-state index in [1.54, 1.807) is 7.11 Å². The number of benzene rings is 1. The molecule has 130 valence electrons. The first kappa shape index (κ1) is 16.5. The molecule has 4 nitrogen and oxygen atoms in total. The quantitative estimate of drug-likeness (QED) is 0.732. The highest BCUT2D eigenvalue weighted by atomic mass is 16.5. The third-order valence-corrected chi connectivity index (χ3v) is 4.68. The number of hydrogen-bond donors (Lipinski definition) is 0. The van der Waals surface area contributed by atoms with E-state index in [9.17, 15) is 0 Å². The minimum atomic E-state index is 0.663. The maximum absolute atomic E-state index is 5.41. The lowest BCUT2D eigenvalue weighted by molar-refractivity contribution is 0.415. The van der Waals surface area contributed by atoms with Gasteiger partial charge in [-0.25, -0.2) is 15.0 Å². The number of nitrogens with zero attached hydrogens (tertiary/aromatic N) is 3. The number of ether oxygens (including phenoxy) is 1. The fourth-order valence-corrected chi connectivity index (χ4v) is 3.36. The summed E-state index contributed by atoms with van der Waals surface area (Å²) in [5, 5.41) is 2.14. The van der Waals surface area contributed by atoms with Gasteiger partial charge in [-0.1, -0.05) is 29.8 Å². The number of fused-ring (bicyclic) bond motifs is 1. The van der Waals surface area contributed by atoms with Crippen molar-refractivity contribution in [1.29, 1.82) is 0 Å². The molecular formula is C22H21N3O. The molecule has 0 bridgehead atoms. The van der Waals surface area contributed by atoms with Crippen molar-refractivity contribution in [2.24, 2.45) is 0 Å². The molecule has 0 aliphatic heterocycles. The van der Waals surface area contributed by atoms with Gasteiger partial charge in [0.15, 0.2) is 5.82 Å². The third-order valence-electron chi connectivity index (χ3n) is 4.68. The van der Waals surface area contributed by atoms with Crippen LogP contribution in [0.2, 0.25) is 0 Å². The Morgan fingerprint density at radius 1 is 0.962 bits per heavy atom. The number of methoxy groups -OCH3 is 1. The molecule has 0 radical (unpaired) electrons. The summed E-state index contributed by atoms with van der Waals surface area (Å²) < 4.78 is 5.41. The molecule has 2 aromatic heterocycles. The van der Waals surface area contributed by atoms with Gasteiger partial charge in [0.05, 0.1) is 18.2 Å². The van der Waals surface area contributed by atoms with Crippen molar-refractivity contribution in [2.75, 3.05) is 7.11 Å². The standard InChI is InChI=1S/C22H21N3O/c1-14-7-4-11-18-20(14)21(16-9-6-10-17(13-16)26-3)25-22(24-18)19-12-5-8-15(2)23-19/h5-6,8-13H,4,7H2,1-3H3. The maximum Gasteiger partial charge on any atom is 0.179 e. The molecule has 0 unspecified atom stereocenters. The molecule has 26 heavy (non-hydrogen) atoms. The molecule has 0 saturated carbocycles. The van der Waals surface area contributed by atoms with Gasteiger partial charge in [0.1, 0.15) is 11.4 Å². The fourth-order valence-electron chi connectivity index (χ4n) is 3.36. The largest absolute Gasteiger partial charge is 0.497 e. The summed E-state index contributed by atoms with van der Waals surface area (Å²) in [5.41, 5.74) is 5.06. The Bertz CT molecular complexity index is 1100. The van der Waals surface area contributed by atoms with E-state index >= 15 is 0 Å². The number of aryl methyl sites for hydroxylation is 1. The zero-order valence-corrected chi connectivity index (χ0v) is 15.3. The molecule has 0 amide bonds. The number of rotatable bonds is 3. The third kappa shape index (κ3) is 2.99. The maximum atomic E-state index is 5.41. The average molecular weight is 343 g/mol. The van der Waals surface area contributed by atoms with Crippen LogP contribution in [0.5, 0.6) is 5.75 Å². The first-order chi connectivity index (χ1) is 12.7. The lowest BCUT2D eigenvalue weighted by atomic mass is 9.99. The van der Waals surface area contributed by atoms with Crippen LogP contribution in [0.15, 0.2) is 42.5 Å². The average Bonchev–Trinajstić information content (AvgIpc) is 2.67. The topological polar surface area (TPSA) is 47.9 Å². The molecule has 2 heterocycles. The molecule has 1 aromatic carbocycles. The van der Waals surface area contributed by atoms with E-state index < -0.39 is 0 Å². The van der Waals surface area contributed by atoms with Crippen molar-refractivity contribution in [3.63, 3.8) is 0 Å². The lowest BCUT2D eigenvalue weighted by Gasteiger charge is -2.13. The van der Waals surface area contributed by atoms with E-state index in [-0.39, 0.29) is 0 Å². The monoisotopic (exact) mass is 343 g/mol. The van der Waals surface area contributed by atoms with Crippen molar-refractivity contribution in [2.45, 2.75) is 26.7 Å². The predicted molar refractivity (Wildman–Crippen MR) is 104 cm³/mol. The van der Waals surface area contributed by atoms with E-state index in [2.05, 4.69) is 24.1 Å². The molecule has 0 atom stereocenters. The zero-order valence-electron chi connectivity index (χ0n) is 15.3. The highest BCUT2D eigenvalue weighted by Crippen LogP contribution is 2.22. The van der Waals surface area contributed by atoms with Crippen molar-refractivity contribution < 1.29 is 4.74 Å². The highest BCUT2D eigenvalue weighted by molar-refractivity contribution is 5.68. The number of hydrogen-bond acceptors (Lipinski definition) is 4. The Hall–Kier alpha value is -3.01. The van der Waals surface area contributed by atoms with Crippen molar-refractivity contribution in [1.82, 2.24) is 15.0 Å². The summed E-state index contributed by atoms with van der Waals surface area (Å²) in [4.78, 5) is 14.4. The van der Waals surface area contributed by atoms with Crippen molar-refractivity contribution >= 4 is 11.6 Å². The molecule has 0 N–H and O–H groups in total. The van der Waals surface area contributed by atoms with Crippen LogP contribution in [0.4, 0.5) is 0 Å². The Labute approximate surface area is 152 Å². The van der Waals surface area contributed by atoms with Crippen LogP contribution in [-0.2, 0) is 0 Å². The van der Waals surface area contributed by atoms with Gasteiger partial charge >= 0.3 is 0 Å². The minimum Gasteiger partial charge on any atom is -0.497 e. The highest BCUT2D eigenvalue weighted by Gasteiger charge is 2.14. The molecule has 3 aromatic rings. The second-order valence-corrected chi connectivity index (χ2v) is 6.58. The van der Waals surface area contributed by atoms with Gasteiger partial charge in [-0.3, -0.25) is 0 Å². The molecule has 0 saturated heterocycles. The van der Waals surface area contributed by atoms with E-state index in [1.807, 2.05) is 43.3 Å². The fraction of sp³-hybridized carbons (Fsp3) is 0.227. The van der Waals surface area contributed by atoms with Crippen LogP contribution in [0.1, 0.15) is 25.5 Å². The molecule has 1 aliphatic rings. The van der Waals surface area contributed by atoms with Crippen LogP contribution in [-0.4, -0.2) is 22.1 Å². The summed E-state index contributed by atoms with van der Waals surface area (Å²) >= 11 is 0. The number of aromatic nitrogens is 3. The van der Waals surface area contributed by atoms with Gasteiger partial charge in [0.25, 0.3) is 0 Å². The Kier molecular flexibility index (Phi) is 4.25. The van der Waals surface area contributed by atoms with Gasteiger partial charge in [-0.15, -0.1) is 0 Å². The molecule has 1 aliphatic carbocycles. The lowest BCUT2D eigenvalue weighted by Crippen LogP contribution is -2.35. The van der Waals surface area contributed by atoms with Gasteiger partial charge < -0.3 is 4.74 Å². The molecular weight excluding hydrogens is 322 g/mol. The molecule has 4 rings (SSSR count).